The van der Waals surface area contributed by atoms with Crippen LogP contribution in [0.15, 0.2) is 29.6 Å². The summed E-state index contributed by atoms with van der Waals surface area (Å²) in [4.78, 5) is 31.1. The molecule has 6 unspecified atom stereocenters. The molecule has 8 heteroatoms. The lowest BCUT2D eigenvalue weighted by Crippen LogP contribution is -2.54. The van der Waals surface area contributed by atoms with E-state index in [2.05, 4.69) is 31.1 Å². The van der Waals surface area contributed by atoms with E-state index in [1.165, 1.54) is 23.5 Å². The number of alkyl halides is 3. The quantitative estimate of drug-likeness (QED) is 0.518. The van der Waals surface area contributed by atoms with Crippen LogP contribution in [0.5, 0.6) is 0 Å². The summed E-state index contributed by atoms with van der Waals surface area (Å²) in [5, 5.41) is 2.46. The molecule has 4 aliphatic rings. The van der Waals surface area contributed by atoms with Gasteiger partial charge in [0.1, 0.15) is 5.82 Å². The Kier molecular flexibility index (Phi) is 6.03. The van der Waals surface area contributed by atoms with Crippen LogP contribution in [0.2, 0.25) is 0 Å². The zero-order chi connectivity index (χ0) is 26.0. The minimum atomic E-state index is -4.57. The summed E-state index contributed by atoms with van der Waals surface area (Å²) in [6, 6.07) is 2.17. The van der Waals surface area contributed by atoms with Crippen LogP contribution in [0.4, 0.5) is 19.0 Å². The molecule has 5 nitrogen and oxygen atoms in total. The molecular weight excluding hydrogens is 467 g/mol. The molecule has 36 heavy (non-hydrogen) atoms. The molecule has 0 bridgehead atoms. The molecule has 5 rings (SSSR count). The van der Waals surface area contributed by atoms with E-state index >= 15 is 0 Å². The van der Waals surface area contributed by atoms with Crippen LogP contribution in [0, 0.1) is 34.5 Å². The molecule has 6 atom stereocenters. The van der Waals surface area contributed by atoms with Gasteiger partial charge in [-0.2, -0.15) is 13.2 Å². The number of carbonyl (C=O) groups excluding carboxylic acids is 2. The number of hydrogen-bond donors (Lipinski definition) is 1. The van der Waals surface area contributed by atoms with Crippen molar-refractivity contribution in [1.82, 2.24) is 9.88 Å². The van der Waals surface area contributed by atoms with Crippen molar-refractivity contribution in [1.29, 1.82) is 0 Å². The third kappa shape index (κ3) is 3.86. The smallest absolute Gasteiger partial charge is 0.319 e. The van der Waals surface area contributed by atoms with Crippen molar-refractivity contribution in [3.8, 4) is 0 Å². The topological polar surface area (TPSA) is 62.3 Å². The standard InChI is InChI=1S/C28H36F3N3O2/c1-16-14-18-19-8-7-17(15-22(35)33-25-21(28(29,30)31)6-5-13-32-25)26(19,2)11-9-20(18)27(3)12-10-23(36)34(4)24(16)27/h5-6,13,17-20H,7-12,14-15H2,1-4H3,(H,32,33,35). The number of rotatable bonds is 3. The molecule has 2 heterocycles. The average Bonchev–Trinajstić information content (AvgIpc) is 3.12. The first kappa shape index (κ1) is 25.3. The summed E-state index contributed by atoms with van der Waals surface area (Å²) in [5.41, 5.74) is 1.61. The summed E-state index contributed by atoms with van der Waals surface area (Å²) in [6.07, 6.45) is 3.40. The molecule has 1 N–H and O–H groups in total. The highest BCUT2D eigenvalue weighted by Gasteiger charge is 2.60. The van der Waals surface area contributed by atoms with Crippen LogP contribution < -0.4 is 5.32 Å². The van der Waals surface area contributed by atoms with Gasteiger partial charge < -0.3 is 10.2 Å². The number of anilines is 1. The number of piperidine rings is 1. The number of fused-ring (bicyclic) bond motifs is 5. The van der Waals surface area contributed by atoms with Gasteiger partial charge in [-0.3, -0.25) is 9.59 Å². The summed E-state index contributed by atoms with van der Waals surface area (Å²) in [7, 11) is 1.92. The second-order valence-corrected chi connectivity index (χ2v) is 12.0. The molecule has 2 amide bonds. The maximum atomic E-state index is 13.4. The minimum Gasteiger partial charge on any atom is -0.319 e. The highest BCUT2D eigenvalue weighted by atomic mass is 19.4. The van der Waals surface area contributed by atoms with Gasteiger partial charge in [0, 0.05) is 37.2 Å². The number of allylic oxidation sites excluding steroid dienone is 2. The van der Waals surface area contributed by atoms with E-state index in [0.29, 0.717) is 24.2 Å². The third-order valence-corrected chi connectivity index (χ3v) is 10.3. The highest BCUT2D eigenvalue weighted by Crippen LogP contribution is 2.67. The second-order valence-electron chi connectivity index (χ2n) is 12.0. The molecule has 3 aliphatic carbocycles. The van der Waals surface area contributed by atoms with Gasteiger partial charge >= 0.3 is 6.18 Å². The van der Waals surface area contributed by atoms with Crippen molar-refractivity contribution < 1.29 is 22.8 Å². The fraction of sp³-hybridized carbons (Fsp3) is 0.679. The number of nitrogens with one attached hydrogen (secondary N) is 1. The first-order valence-electron chi connectivity index (χ1n) is 13.1. The summed E-state index contributed by atoms with van der Waals surface area (Å²) >= 11 is 0. The number of amides is 2. The Morgan fingerprint density at radius 2 is 1.94 bits per heavy atom. The fourth-order valence-electron chi connectivity index (χ4n) is 8.69. The van der Waals surface area contributed by atoms with E-state index in [4.69, 9.17) is 0 Å². The van der Waals surface area contributed by atoms with E-state index in [-0.39, 0.29) is 29.1 Å². The Labute approximate surface area is 210 Å². The molecule has 1 aliphatic heterocycles. The van der Waals surface area contributed by atoms with Gasteiger partial charge in [-0.1, -0.05) is 19.4 Å². The van der Waals surface area contributed by atoms with Gasteiger partial charge in [0.15, 0.2) is 0 Å². The average molecular weight is 504 g/mol. The van der Waals surface area contributed by atoms with Crippen molar-refractivity contribution in [3.63, 3.8) is 0 Å². The van der Waals surface area contributed by atoms with Gasteiger partial charge in [0.2, 0.25) is 11.8 Å². The minimum absolute atomic E-state index is 0.000569. The second kappa shape index (κ2) is 8.59. The van der Waals surface area contributed by atoms with Gasteiger partial charge in [0.05, 0.1) is 5.56 Å². The summed E-state index contributed by atoms with van der Waals surface area (Å²) in [5.74, 6) is 1.04. The van der Waals surface area contributed by atoms with Gasteiger partial charge in [0.25, 0.3) is 0 Å². The van der Waals surface area contributed by atoms with E-state index in [0.717, 1.165) is 44.6 Å². The number of hydrogen-bond acceptors (Lipinski definition) is 3. The molecule has 1 aromatic heterocycles. The van der Waals surface area contributed by atoms with Crippen LogP contribution in [-0.4, -0.2) is 28.7 Å². The lowest BCUT2D eigenvalue weighted by molar-refractivity contribution is -0.137. The van der Waals surface area contributed by atoms with E-state index in [1.807, 2.05) is 11.9 Å². The zero-order valence-corrected chi connectivity index (χ0v) is 21.5. The predicted molar refractivity (Wildman–Crippen MR) is 130 cm³/mol. The van der Waals surface area contributed by atoms with Crippen molar-refractivity contribution in [2.75, 3.05) is 12.4 Å². The lowest BCUT2D eigenvalue weighted by Gasteiger charge is -2.59. The van der Waals surface area contributed by atoms with Gasteiger partial charge in [-0.15, -0.1) is 0 Å². The molecule has 0 spiro atoms. The fourth-order valence-corrected chi connectivity index (χ4v) is 8.69. The molecular formula is C28H36F3N3O2. The Bertz CT molecular complexity index is 1120. The molecule has 1 saturated heterocycles. The number of likely N-dealkylation sites (tertiary alicyclic amines) is 1. The number of nitrogens with zero attached hydrogens (tertiary/aromatic N) is 2. The molecule has 2 saturated carbocycles. The Hall–Kier alpha value is -2.38. The summed E-state index contributed by atoms with van der Waals surface area (Å²) in [6.45, 7) is 6.82. The van der Waals surface area contributed by atoms with E-state index in [1.54, 1.807) is 0 Å². The molecule has 0 aromatic carbocycles. The van der Waals surface area contributed by atoms with Crippen LogP contribution in [-0.2, 0) is 15.8 Å². The molecule has 196 valence electrons. The van der Waals surface area contributed by atoms with Gasteiger partial charge in [-0.05, 0) is 86.7 Å². The zero-order valence-electron chi connectivity index (χ0n) is 21.5. The summed E-state index contributed by atoms with van der Waals surface area (Å²) < 4.78 is 40.1. The van der Waals surface area contributed by atoms with Crippen molar-refractivity contribution in [2.45, 2.75) is 78.3 Å². The Morgan fingerprint density at radius 1 is 1.19 bits per heavy atom. The maximum Gasteiger partial charge on any atom is 0.419 e. The van der Waals surface area contributed by atoms with Crippen molar-refractivity contribution in [3.05, 3.63) is 35.2 Å². The van der Waals surface area contributed by atoms with Crippen molar-refractivity contribution in [2.24, 2.45) is 34.5 Å². The molecule has 1 aromatic rings. The first-order valence-corrected chi connectivity index (χ1v) is 13.1. The number of aromatic nitrogens is 1. The van der Waals surface area contributed by atoms with Crippen LogP contribution >= 0.6 is 0 Å². The molecule has 3 fully saturated rings. The number of pyridine rings is 1. The van der Waals surface area contributed by atoms with E-state index < -0.39 is 23.5 Å². The maximum absolute atomic E-state index is 13.4. The first-order chi connectivity index (χ1) is 16.9. The molecule has 0 radical (unpaired) electrons. The van der Waals surface area contributed by atoms with Crippen LogP contribution in [0.25, 0.3) is 0 Å². The monoisotopic (exact) mass is 503 g/mol. The number of halogens is 3. The predicted octanol–water partition coefficient (Wildman–Crippen LogP) is 6.42. The highest BCUT2D eigenvalue weighted by molar-refractivity contribution is 5.90. The normalized spacial score (nSPS) is 36.3. The van der Waals surface area contributed by atoms with Gasteiger partial charge in [-0.25, -0.2) is 4.98 Å². The van der Waals surface area contributed by atoms with Crippen LogP contribution in [0.1, 0.15) is 77.7 Å². The van der Waals surface area contributed by atoms with Crippen LogP contribution in [0.3, 0.4) is 0 Å². The number of carbonyl (C=O) groups is 2. The largest absolute Gasteiger partial charge is 0.419 e. The third-order valence-electron chi connectivity index (χ3n) is 10.3. The SMILES string of the molecule is CC1=C2N(C)C(=O)CCC2(C)C2CCC3(C)C(CC(=O)Nc4ncccc4C(F)(F)F)CCC3C2C1. The van der Waals surface area contributed by atoms with E-state index in [9.17, 15) is 22.8 Å². The lowest BCUT2D eigenvalue weighted by atomic mass is 9.48. The Morgan fingerprint density at radius 3 is 2.67 bits per heavy atom. The van der Waals surface area contributed by atoms with Crippen molar-refractivity contribution >= 4 is 17.6 Å². The Balaban J connectivity index is 1.34.